The summed E-state index contributed by atoms with van der Waals surface area (Å²) in [5.41, 5.74) is 2.58. The maximum Gasteiger partial charge on any atom is 0.256 e. The molecule has 26 heavy (non-hydrogen) atoms. The molecule has 0 unspecified atom stereocenters. The number of ether oxygens (including phenoxy) is 1. The van der Waals surface area contributed by atoms with Gasteiger partial charge in [-0.25, -0.2) is 4.68 Å². The number of anilines is 1. The van der Waals surface area contributed by atoms with Crippen molar-refractivity contribution in [3.8, 4) is 11.4 Å². The van der Waals surface area contributed by atoms with Gasteiger partial charge in [-0.3, -0.25) is 9.78 Å². The molecule has 4 rings (SSSR count). The monoisotopic (exact) mass is 346 g/mol. The number of carbonyl (C=O) groups excluding carboxylic acids is 1. The van der Waals surface area contributed by atoms with Crippen molar-refractivity contribution in [2.75, 3.05) is 12.4 Å². The minimum atomic E-state index is -0.239. The molecule has 2 aromatic heterocycles. The fourth-order valence-electron chi connectivity index (χ4n) is 2.69. The quantitative estimate of drug-likeness (QED) is 0.610. The lowest BCUT2D eigenvalue weighted by Gasteiger charge is -2.12. The van der Waals surface area contributed by atoms with Crippen molar-refractivity contribution in [2.45, 2.75) is 0 Å². The summed E-state index contributed by atoms with van der Waals surface area (Å²) < 4.78 is 6.90. The van der Waals surface area contributed by atoms with Gasteiger partial charge < -0.3 is 10.1 Å². The molecule has 0 saturated heterocycles. The van der Waals surface area contributed by atoms with Crippen LogP contribution in [-0.4, -0.2) is 38.2 Å². The zero-order valence-corrected chi connectivity index (χ0v) is 13.8. The average molecular weight is 346 g/mol. The molecule has 1 N–H and O–H groups in total. The van der Waals surface area contributed by atoms with Gasteiger partial charge in [-0.2, -0.15) is 0 Å². The van der Waals surface area contributed by atoms with Crippen molar-refractivity contribution in [3.63, 3.8) is 0 Å². The Hall–Kier alpha value is -3.81. The number of nitrogens with zero attached hydrogens (tertiary/aromatic N) is 5. The first-order valence-corrected chi connectivity index (χ1v) is 7.83. The number of nitrogens with one attached hydrogen (secondary N) is 1. The molecule has 0 atom stereocenters. The Morgan fingerprint density at radius 3 is 2.85 bits per heavy atom. The summed E-state index contributed by atoms with van der Waals surface area (Å²) in [5.74, 6) is 0.266. The van der Waals surface area contributed by atoms with Crippen LogP contribution in [0.5, 0.6) is 5.75 Å². The summed E-state index contributed by atoms with van der Waals surface area (Å²) in [7, 11) is 1.54. The molecule has 0 radical (unpaired) electrons. The van der Waals surface area contributed by atoms with Gasteiger partial charge in [-0.05, 0) is 34.7 Å². The molecule has 0 aliphatic heterocycles. The lowest BCUT2D eigenvalue weighted by molar-refractivity contribution is 0.102. The third-order valence-electron chi connectivity index (χ3n) is 3.94. The summed E-state index contributed by atoms with van der Waals surface area (Å²) in [6.07, 6.45) is 3.10. The molecule has 0 aliphatic rings. The van der Waals surface area contributed by atoms with Gasteiger partial charge in [0.1, 0.15) is 12.1 Å². The van der Waals surface area contributed by atoms with E-state index < -0.39 is 0 Å². The van der Waals surface area contributed by atoms with Crippen molar-refractivity contribution in [3.05, 3.63) is 66.6 Å². The Balaban J connectivity index is 1.67. The van der Waals surface area contributed by atoms with Gasteiger partial charge >= 0.3 is 0 Å². The number of hydrogen-bond acceptors (Lipinski definition) is 6. The van der Waals surface area contributed by atoms with E-state index in [1.807, 2.05) is 24.3 Å². The van der Waals surface area contributed by atoms with Crippen LogP contribution in [0.15, 0.2) is 61.1 Å². The number of aromatic nitrogens is 5. The molecule has 0 bridgehead atoms. The zero-order valence-electron chi connectivity index (χ0n) is 13.8. The second kappa shape index (κ2) is 6.60. The first-order valence-electron chi connectivity index (χ1n) is 7.83. The van der Waals surface area contributed by atoms with E-state index in [1.54, 1.807) is 30.5 Å². The van der Waals surface area contributed by atoms with E-state index in [-0.39, 0.29) is 5.91 Å². The third-order valence-corrected chi connectivity index (χ3v) is 3.94. The van der Waals surface area contributed by atoms with Crippen LogP contribution in [0.4, 0.5) is 5.69 Å². The molecule has 2 heterocycles. The summed E-state index contributed by atoms with van der Waals surface area (Å²) in [5, 5.41) is 14.7. The lowest BCUT2D eigenvalue weighted by atomic mass is 10.1. The van der Waals surface area contributed by atoms with Crippen LogP contribution in [0.1, 0.15) is 10.4 Å². The van der Waals surface area contributed by atoms with E-state index >= 15 is 0 Å². The normalized spacial score (nSPS) is 10.7. The number of benzene rings is 2. The Bertz CT molecular complexity index is 1070. The Morgan fingerprint density at radius 2 is 2.04 bits per heavy atom. The predicted molar refractivity (Wildman–Crippen MR) is 95.4 cm³/mol. The Kier molecular flexibility index (Phi) is 3.98. The van der Waals surface area contributed by atoms with Gasteiger partial charge in [0.25, 0.3) is 5.91 Å². The predicted octanol–water partition coefficient (Wildman–Crippen LogP) is 2.47. The number of methoxy groups -OCH3 is 1. The van der Waals surface area contributed by atoms with Gasteiger partial charge in [0.2, 0.25) is 0 Å². The molecule has 4 aromatic rings. The van der Waals surface area contributed by atoms with E-state index in [4.69, 9.17) is 4.74 Å². The number of rotatable bonds is 4. The fourth-order valence-corrected chi connectivity index (χ4v) is 2.69. The second-order valence-corrected chi connectivity index (χ2v) is 5.47. The highest BCUT2D eigenvalue weighted by Crippen LogP contribution is 2.28. The summed E-state index contributed by atoms with van der Waals surface area (Å²) in [6.45, 7) is 0. The number of pyridine rings is 1. The number of hydrogen-bond donors (Lipinski definition) is 1. The lowest BCUT2D eigenvalue weighted by Crippen LogP contribution is -2.13. The van der Waals surface area contributed by atoms with Gasteiger partial charge in [-0.15, -0.1) is 5.10 Å². The van der Waals surface area contributed by atoms with Gasteiger partial charge in [0.05, 0.1) is 29.6 Å². The van der Waals surface area contributed by atoms with Gasteiger partial charge in [0, 0.05) is 17.6 Å². The van der Waals surface area contributed by atoms with Crippen LogP contribution in [-0.2, 0) is 0 Å². The first kappa shape index (κ1) is 15.7. The number of carbonyl (C=O) groups is 1. The highest BCUT2D eigenvalue weighted by atomic mass is 16.5. The van der Waals surface area contributed by atoms with Crippen LogP contribution in [0.2, 0.25) is 0 Å². The van der Waals surface area contributed by atoms with E-state index in [1.165, 1.54) is 18.1 Å². The Morgan fingerprint density at radius 1 is 1.15 bits per heavy atom. The number of para-hydroxylation sites is 1. The topological polar surface area (TPSA) is 94.8 Å². The van der Waals surface area contributed by atoms with E-state index in [0.717, 1.165) is 16.6 Å². The maximum atomic E-state index is 12.8. The summed E-state index contributed by atoms with van der Waals surface area (Å²) in [4.78, 5) is 17.1. The van der Waals surface area contributed by atoms with Crippen LogP contribution in [0, 0.1) is 0 Å². The molecular formula is C18H14N6O2. The second-order valence-electron chi connectivity index (χ2n) is 5.47. The molecule has 8 heteroatoms. The Labute approximate surface area is 148 Å². The molecular weight excluding hydrogens is 332 g/mol. The highest BCUT2D eigenvalue weighted by Gasteiger charge is 2.14. The smallest absolute Gasteiger partial charge is 0.256 e. The first-order chi connectivity index (χ1) is 12.8. The third kappa shape index (κ3) is 2.84. The maximum absolute atomic E-state index is 12.8. The summed E-state index contributed by atoms with van der Waals surface area (Å²) in [6, 6.07) is 14.5. The minimum absolute atomic E-state index is 0.239. The van der Waals surface area contributed by atoms with Crippen molar-refractivity contribution < 1.29 is 9.53 Å². The van der Waals surface area contributed by atoms with E-state index in [9.17, 15) is 4.79 Å². The van der Waals surface area contributed by atoms with E-state index in [0.29, 0.717) is 17.0 Å². The molecule has 128 valence electrons. The van der Waals surface area contributed by atoms with Crippen LogP contribution >= 0.6 is 0 Å². The zero-order chi connectivity index (χ0) is 17.9. The van der Waals surface area contributed by atoms with E-state index in [2.05, 4.69) is 25.8 Å². The largest absolute Gasteiger partial charge is 0.494 e. The summed E-state index contributed by atoms with van der Waals surface area (Å²) >= 11 is 0. The van der Waals surface area contributed by atoms with Crippen LogP contribution < -0.4 is 10.1 Å². The highest BCUT2D eigenvalue weighted by molar-refractivity contribution is 6.12. The molecule has 0 saturated carbocycles. The number of fused-ring (bicyclic) bond motifs is 1. The van der Waals surface area contributed by atoms with Crippen molar-refractivity contribution in [2.24, 2.45) is 0 Å². The molecule has 0 aliphatic carbocycles. The van der Waals surface area contributed by atoms with Crippen molar-refractivity contribution >= 4 is 22.5 Å². The number of tetrazole rings is 1. The fraction of sp³-hybridized carbons (Fsp3) is 0.0556. The average Bonchev–Trinajstić information content (AvgIpc) is 3.22. The standard InChI is InChI=1S/C18H14N6O2/c1-26-17-10-12(24-11-20-22-23-24)6-7-16(17)21-18(25)14-8-9-19-15-5-3-2-4-13(14)15/h2-11H,1H3,(H,21,25). The van der Waals surface area contributed by atoms with Crippen molar-refractivity contribution in [1.82, 2.24) is 25.2 Å². The molecule has 8 nitrogen and oxygen atoms in total. The van der Waals surface area contributed by atoms with Crippen LogP contribution in [0.3, 0.4) is 0 Å². The van der Waals surface area contributed by atoms with Gasteiger partial charge in [0.15, 0.2) is 0 Å². The molecule has 0 fully saturated rings. The molecule has 0 spiro atoms. The number of amides is 1. The SMILES string of the molecule is COc1cc(-n2cnnn2)ccc1NC(=O)c1ccnc2ccccc12. The van der Waals surface area contributed by atoms with Crippen molar-refractivity contribution in [1.29, 1.82) is 0 Å². The molecule has 2 aromatic carbocycles. The molecule has 1 amide bonds. The van der Waals surface area contributed by atoms with Crippen LogP contribution in [0.25, 0.3) is 16.6 Å². The van der Waals surface area contributed by atoms with Gasteiger partial charge in [-0.1, -0.05) is 18.2 Å². The minimum Gasteiger partial charge on any atom is -0.494 e.